The summed E-state index contributed by atoms with van der Waals surface area (Å²) >= 11 is 6.26. The summed E-state index contributed by atoms with van der Waals surface area (Å²) in [5.41, 5.74) is -3.43. The fraction of sp³-hybridized carbons (Fsp3) is 0.342. The van der Waals surface area contributed by atoms with Gasteiger partial charge in [-0.15, -0.1) is 0 Å². The summed E-state index contributed by atoms with van der Waals surface area (Å²) in [6.07, 6.45) is 7.74. The van der Waals surface area contributed by atoms with Crippen molar-refractivity contribution in [3.8, 4) is 23.4 Å². The zero-order valence-corrected chi connectivity index (χ0v) is 30.6. The number of halogens is 2. The number of carbonyl (C=O) groups is 5. The number of esters is 4. The minimum atomic E-state index is -1.50. The van der Waals surface area contributed by atoms with E-state index in [2.05, 4.69) is 9.97 Å². The number of aromatic nitrogens is 4. The molecular weight excluding hydrogens is 759 g/mol. The second-order valence-corrected chi connectivity index (χ2v) is 13.4. The molecule has 0 spiro atoms. The first-order chi connectivity index (χ1) is 26.9. The van der Waals surface area contributed by atoms with Gasteiger partial charge < -0.3 is 23.7 Å². The smallest absolute Gasteiger partial charge is 0.344 e. The molecule has 1 aromatic carbocycles. The van der Waals surface area contributed by atoms with Crippen molar-refractivity contribution < 1.29 is 52.0 Å². The standard InChI is InChI=1S/C38H34ClFN4O12/c1-2-52-20-43-19-27(40)33(46)44(38(43)51)32(45)23-12-7-13-24(14-23)36(49)54-29-17-28(26(39)18-41-29)53-37(50)25-15-30(55-34(47)21-8-3-4-9-21)42-31(16-25)56-35(48)22-10-5-6-11-22/h7,12-19,21-22H,2-6,8-11,20H2,1H3. The van der Waals surface area contributed by atoms with Gasteiger partial charge in [0.25, 0.3) is 11.5 Å². The highest BCUT2D eigenvalue weighted by Gasteiger charge is 2.29. The number of nitrogens with zero attached hydrogens (tertiary/aromatic N) is 4. The van der Waals surface area contributed by atoms with Crippen LogP contribution in [0.5, 0.6) is 23.4 Å². The van der Waals surface area contributed by atoms with Crippen LogP contribution in [0.3, 0.4) is 0 Å². The van der Waals surface area contributed by atoms with Crippen LogP contribution in [-0.2, 0) is 21.1 Å². The van der Waals surface area contributed by atoms with Crippen molar-refractivity contribution in [3.63, 3.8) is 0 Å². The average molecular weight is 793 g/mol. The molecule has 18 heteroatoms. The zero-order chi connectivity index (χ0) is 39.9. The minimum absolute atomic E-state index is 0.0775. The largest absolute Gasteiger partial charge is 0.421 e. The zero-order valence-electron chi connectivity index (χ0n) is 29.9. The summed E-state index contributed by atoms with van der Waals surface area (Å²) in [6.45, 7) is 1.38. The highest BCUT2D eigenvalue weighted by molar-refractivity contribution is 6.32. The number of rotatable bonds is 12. The van der Waals surface area contributed by atoms with Crippen LogP contribution in [0.15, 0.2) is 64.4 Å². The summed E-state index contributed by atoms with van der Waals surface area (Å²) in [5.74, 6) is -7.69. The first-order valence-corrected chi connectivity index (χ1v) is 18.1. The minimum Gasteiger partial charge on any atom is -0.421 e. The van der Waals surface area contributed by atoms with Gasteiger partial charge in [-0.25, -0.2) is 19.4 Å². The van der Waals surface area contributed by atoms with Crippen LogP contribution in [0.2, 0.25) is 5.02 Å². The number of hydrogen-bond donors (Lipinski definition) is 0. The molecule has 2 aliphatic rings. The molecule has 0 bridgehead atoms. The maximum atomic E-state index is 14.4. The van der Waals surface area contributed by atoms with Gasteiger partial charge in [0.2, 0.25) is 23.5 Å². The molecule has 3 heterocycles. The number of hydrogen-bond acceptors (Lipinski definition) is 14. The molecule has 0 radical (unpaired) electrons. The van der Waals surface area contributed by atoms with Crippen molar-refractivity contribution in [1.82, 2.24) is 19.1 Å². The molecule has 2 aliphatic carbocycles. The van der Waals surface area contributed by atoms with Crippen LogP contribution >= 0.6 is 11.6 Å². The monoisotopic (exact) mass is 792 g/mol. The lowest BCUT2D eigenvalue weighted by atomic mass is 10.1. The highest BCUT2D eigenvalue weighted by Crippen LogP contribution is 2.31. The Hall–Kier alpha value is -6.07. The van der Waals surface area contributed by atoms with Gasteiger partial charge in [-0.05, 0) is 50.8 Å². The molecule has 6 rings (SSSR count). The summed E-state index contributed by atoms with van der Waals surface area (Å²) in [7, 11) is 0. The Balaban J connectivity index is 1.20. The van der Waals surface area contributed by atoms with E-state index in [9.17, 15) is 38.0 Å². The Morgan fingerprint density at radius 1 is 0.786 bits per heavy atom. The van der Waals surface area contributed by atoms with E-state index in [-0.39, 0.29) is 62.2 Å². The quantitative estimate of drug-likeness (QED) is 0.175. The predicted octanol–water partition coefficient (Wildman–Crippen LogP) is 4.90. The lowest BCUT2D eigenvalue weighted by molar-refractivity contribution is -0.139. The molecule has 4 aromatic rings. The summed E-state index contributed by atoms with van der Waals surface area (Å²) in [5, 5.41) is -0.170. The lowest BCUT2D eigenvalue weighted by Crippen LogP contribution is -2.45. The maximum Gasteiger partial charge on any atom is 0.344 e. The molecule has 0 unspecified atom stereocenters. The van der Waals surface area contributed by atoms with Crippen LogP contribution in [0.1, 0.15) is 89.4 Å². The van der Waals surface area contributed by atoms with Crippen molar-refractivity contribution in [3.05, 3.63) is 103 Å². The summed E-state index contributed by atoms with van der Waals surface area (Å²) in [6, 6.07) is 8.07. The number of carbonyl (C=O) groups excluding carboxylic acids is 5. The molecular formula is C38H34ClFN4O12. The van der Waals surface area contributed by atoms with Gasteiger partial charge in [-0.2, -0.15) is 13.9 Å². The van der Waals surface area contributed by atoms with Crippen molar-refractivity contribution in [2.45, 2.75) is 65.0 Å². The van der Waals surface area contributed by atoms with E-state index in [0.717, 1.165) is 56.1 Å². The molecule has 0 amide bonds. The predicted molar refractivity (Wildman–Crippen MR) is 191 cm³/mol. The Kier molecular flexibility index (Phi) is 12.4. The molecule has 0 N–H and O–H groups in total. The highest BCUT2D eigenvalue weighted by atomic mass is 35.5. The lowest BCUT2D eigenvalue weighted by Gasteiger charge is -2.13. The number of ether oxygens (including phenoxy) is 5. The molecule has 2 fully saturated rings. The van der Waals surface area contributed by atoms with Crippen molar-refractivity contribution in [1.29, 1.82) is 0 Å². The van der Waals surface area contributed by atoms with E-state index >= 15 is 0 Å². The van der Waals surface area contributed by atoms with Crippen LogP contribution in [0.4, 0.5) is 4.39 Å². The topological polar surface area (TPSA) is 201 Å². The van der Waals surface area contributed by atoms with Crippen molar-refractivity contribution >= 4 is 41.4 Å². The molecule has 2 saturated carbocycles. The van der Waals surface area contributed by atoms with E-state index in [1.54, 1.807) is 6.92 Å². The van der Waals surface area contributed by atoms with E-state index in [4.69, 9.17) is 35.3 Å². The third-order valence-electron chi connectivity index (χ3n) is 9.09. The third-order valence-corrected chi connectivity index (χ3v) is 9.38. The number of pyridine rings is 2. The van der Waals surface area contributed by atoms with E-state index in [1.165, 1.54) is 18.2 Å². The maximum absolute atomic E-state index is 14.4. The molecule has 16 nitrogen and oxygen atoms in total. The Labute approximate surface area is 322 Å². The fourth-order valence-electron chi connectivity index (χ4n) is 6.19. The van der Waals surface area contributed by atoms with Crippen molar-refractivity contribution in [2.75, 3.05) is 6.61 Å². The van der Waals surface area contributed by atoms with Gasteiger partial charge in [-0.1, -0.05) is 43.4 Å². The third kappa shape index (κ3) is 9.23. The van der Waals surface area contributed by atoms with Crippen LogP contribution in [0.25, 0.3) is 0 Å². The van der Waals surface area contributed by atoms with Crippen LogP contribution < -0.4 is 30.2 Å². The second-order valence-electron chi connectivity index (χ2n) is 12.9. The Bertz CT molecular complexity index is 2270. The number of benzene rings is 1. The van der Waals surface area contributed by atoms with Gasteiger partial charge in [-0.3, -0.25) is 23.7 Å². The average Bonchev–Trinajstić information content (AvgIpc) is 3.93. The normalized spacial score (nSPS) is 14.3. The van der Waals surface area contributed by atoms with Gasteiger partial charge in [0.05, 0.1) is 35.4 Å². The van der Waals surface area contributed by atoms with E-state index < -0.39 is 59.5 Å². The van der Waals surface area contributed by atoms with Gasteiger partial charge >= 0.3 is 29.6 Å². The molecule has 292 valence electrons. The SMILES string of the molecule is CCOCn1cc(F)c(=O)n(C(=O)c2cccc(C(=O)Oc3cc(OC(=O)c4cc(OC(=O)C5CCCC5)nc(OC(=O)C5CCCC5)c4)c(Cl)cn3)c2)c1=O. The summed E-state index contributed by atoms with van der Waals surface area (Å²) in [4.78, 5) is 98.8. The molecule has 0 saturated heterocycles. The molecule has 3 aromatic heterocycles. The second kappa shape index (κ2) is 17.6. The van der Waals surface area contributed by atoms with Gasteiger partial charge in [0.1, 0.15) is 11.8 Å². The molecule has 0 atom stereocenters. The first-order valence-electron chi connectivity index (χ1n) is 17.7. The van der Waals surface area contributed by atoms with Gasteiger partial charge in [0.15, 0.2) is 5.75 Å². The van der Waals surface area contributed by atoms with E-state index in [1.807, 2.05) is 0 Å². The Morgan fingerprint density at radius 2 is 1.38 bits per heavy atom. The van der Waals surface area contributed by atoms with Crippen LogP contribution in [0, 0.1) is 17.7 Å². The molecule has 56 heavy (non-hydrogen) atoms. The molecule has 0 aliphatic heterocycles. The van der Waals surface area contributed by atoms with Gasteiger partial charge in [0, 0.05) is 30.4 Å². The van der Waals surface area contributed by atoms with Crippen molar-refractivity contribution in [2.24, 2.45) is 11.8 Å². The first kappa shape index (κ1) is 39.6. The summed E-state index contributed by atoms with van der Waals surface area (Å²) < 4.78 is 42.0. The van der Waals surface area contributed by atoms with Crippen LogP contribution in [-0.4, -0.2) is 55.5 Å². The van der Waals surface area contributed by atoms with E-state index in [0.29, 0.717) is 36.4 Å². The fourth-order valence-corrected chi connectivity index (χ4v) is 6.33. The Morgan fingerprint density at radius 3 is 1.98 bits per heavy atom.